The lowest BCUT2D eigenvalue weighted by molar-refractivity contribution is -0.114. The molecule has 0 fully saturated rings. The number of benzene rings is 1. The smallest absolute Gasteiger partial charge is 0.263 e. The van der Waals surface area contributed by atoms with Crippen LogP contribution in [0.25, 0.3) is 0 Å². The maximum absolute atomic E-state index is 12.0. The summed E-state index contributed by atoms with van der Waals surface area (Å²) in [7, 11) is 1.42. The first-order valence-corrected chi connectivity index (χ1v) is 6.07. The van der Waals surface area contributed by atoms with Crippen LogP contribution in [0.15, 0.2) is 10.5 Å². The number of nitrogens with one attached hydrogen (secondary N) is 1. The summed E-state index contributed by atoms with van der Waals surface area (Å²) in [4.78, 5) is 36.1. The lowest BCUT2D eigenvalue weighted by Gasteiger charge is -2.11. The molecule has 0 bridgehead atoms. The third-order valence-electron chi connectivity index (χ3n) is 2.80. The number of amides is 3. The summed E-state index contributed by atoms with van der Waals surface area (Å²) in [5.74, 6) is -1.05. The fourth-order valence-corrected chi connectivity index (χ4v) is 2.33. The first-order valence-electron chi connectivity index (χ1n) is 5.27. The molecule has 1 aromatic carbocycles. The Morgan fingerprint density at radius 2 is 1.94 bits per heavy atom. The van der Waals surface area contributed by atoms with Crippen molar-refractivity contribution in [3.8, 4) is 0 Å². The molecule has 1 N–H and O–H groups in total. The van der Waals surface area contributed by atoms with Gasteiger partial charge in [-0.15, -0.1) is 0 Å². The van der Waals surface area contributed by atoms with Gasteiger partial charge in [0.15, 0.2) is 0 Å². The number of nitrogens with zero attached hydrogens (tertiary/aromatic N) is 1. The highest BCUT2D eigenvalue weighted by molar-refractivity contribution is 9.10. The van der Waals surface area contributed by atoms with Crippen molar-refractivity contribution in [1.82, 2.24) is 4.90 Å². The van der Waals surface area contributed by atoms with E-state index in [1.165, 1.54) is 14.0 Å². The summed E-state index contributed by atoms with van der Waals surface area (Å²) in [6, 6.07) is 1.65. The maximum Gasteiger partial charge on any atom is 0.263 e. The largest absolute Gasteiger partial charge is 0.325 e. The van der Waals surface area contributed by atoms with Crippen LogP contribution in [0.3, 0.4) is 0 Å². The Hall–Kier alpha value is -1.69. The molecule has 5 nitrogen and oxygen atoms in total. The van der Waals surface area contributed by atoms with Gasteiger partial charge in [0.25, 0.3) is 11.8 Å². The van der Waals surface area contributed by atoms with Gasteiger partial charge in [-0.3, -0.25) is 19.3 Å². The molecule has 0 radical (unpaired) electrons. The minimum Gasteiger partial charge on any atom is -0.325 e. The van der Waals surface area contributed by atoms with Crippen molar-refractivity contribution >= 4 is 39.3 Å². The second-order valence-electron chi connectivity index (χ2n) is 4.16. The number of imide groups is 1. The van der Waals surface area contributed by atoms with Crippen LogP contribution in [-0.4, -0.2) is 29.7 Å². The van der Waals surface area contributed by atoms with E-state index in [-0.39, 0.29) is 17.4 Å². The lowest BCUT2D eigenvalue weighted by Crippen LogP contribution is -2.24. The van der Waals surface area contributed by atoms with Crippen LogP contribution in [0, 0.1) is 6.92 Å². The van der Waals surface area contributed by atoms with Gasteiger partial charge in [-0.1, -0.05) is 0 Å². The molecule has 2 rings (SSSR count). The Morgan fingerprint density at radius 3 is 2.50 bits per heavy atom. The second-order valence-corrected chi connectivity index (χ2v) is 4.95. The van der Waals surface area contributed by atoms with Crippen molar-refractivity contribution in [1.29, 1.82) is 0 Å². The number of carbonyl (C=O) groups is 3. The normalized spacial score (nSPS) is 13.9. The summed E-state index contributed by atoms with van der Waals surface area (Å²) in [6.07, 6.45) is 0. The summed E-state index contributed by atoms with van der Waals surface area (Å²) < 4.78 is 0.618. The van der Waals surface area contributed by atoms with Crippen LogP contribution in [0.5, 0.6) is 0 Å². The third-order valence-corrected chi connectivity index (χ3v) is 3.82. The molecule has 0 saturated heterocycles. The van der Waals surface area contributed by atoms with Crippen molar-refractivity contribution in [2.45, 2.75) is 13.8 Å². The first kappa shape index (κ1) is 12.8. The van der Waals surface area contributed by atoms with Gasteiger partial charge in [-0.05, 0) is 34.5 Å². The Bertz CT molecular complexity index is 595. The fourth-order valence-electron chi connectivity index (χ4n) is 1.92. The zero-order chi connectivity index (χ0) is 13.6. The van der Waals surface area contributed by atoms with Gasteiger partial charge in [0.2, 0.25) is 5.91 Å². The van der Waals surface area contributed by atoms with E-state index in [4.69, 9.17) is 0 Å². The number of carbonyl (C=O) groups excluding carboxylic acids is 3. The molecular weight excluding hydrogens is 300 g/mol. The number of aryl methyl sites for hydroxylation is 1. The highest BCUT2D eigenvalue weighted by atomic mass is 79.9. The summed E-state index contributed by atoms with van der Waals surface area (Å²) in [5, 5.41) is 2.60. The Balaban J connectivity index is 2.75. The van der Waals surface area contributed by atoms with Crippen molar-refractivity contribution in [2.75, 3.05) is 12.4 Å². The monoisotopic (exact) mass is 310 g/mol. The van der Waals surface area contributed by atoms with E-state index in [1.54, 1.807) is 13.0 Å². The van der Waals surface area contributed by atoms with Crippen LogP contribution in [0.1, 0.15) is 33.2 Å². The fraction of sp³-hybridized carbons (Fsp3) is 0.250. The molecule has 18 heavy (non-hydrogen) atoms. The van der Waals surface area contributed by atoms with Gasteiger partial charge < -0.3 is 5.32 Å². The van der Waals surface area contributed by atoms with Crippen LogP contribution < -0.4 is 5.32 Å². The average Bonchev–Trinajstić information content (AvgIpc) is 2.50. The van der Waals surface area contributed by atoms with Gasteiger partial charge in [0.1, 0.15) is 0 Å². The number of hydrogen-bond acceptors (Lipinski definition) is 3. The molecule has 94 valence electrons. The van der Waals surface area contributed by atoms with Gasteiger partial charge in [-0.2, -0.15) is 0 Å². The molecule has 1 heterocycles. The zero-order valence-electron chi connectivity index (χ0n) is 10.1. The summed E-state index contributed by atoms with van der Waals surface area (Å²) in [6.45, 7) is 3.15. The number of halogens is 1. The van der Waals surface area contributed by atoms with E-state index < -0.39 is 5.91 Å². The highest BCUT2D eigenvalue weighted by Gasteiger charge is 2.36. The standard InChI is InChI=1S/C12H11BrN2O3/c1-5-4-7-8(12(18)15(3)11(7)17)10(9(5)13)14-6(2)16/h4H,1-3H3,(H,14,16). The van der Waals surface area contributed by atoms with Crippen molar-refractivity contribution in [2.24, 2.45) is 0 Å². The van der Waals surface area contributed by atoms with Gasteiger partial charge in [0, 0.05) is 18.4 Å². The van der Waals surface area contributed by atoms with Gasteiger partial charge >= 0.3 is 0 Å². The molecule has 6 heteroatoms. The van der Waals surface area contributed by atoms with Crippen molar-refractivity contribution in [3.05, 3.63) is 27.2 Å². The SMILES string of the molecule is CC(=O)Nc1c(Br)c(C)cc2c1C(=O)N(C)C2=O. The predicted molar refractivity (Wildman–Crippen MR) is 69.6 cm³/mol. The molecule has 0 saturated carbocycles. The molecule has 0 spiro atoms. The van der Waals surface area contributed by atoms with E-state index in [1.807, 2.05) is 0 Å². The van der Waals surface area contributed by atoms with E-state index in [0.717, 1.165) is 10.5 Å². The Kier molecular flexibility index (Phi) is 2.98. The Morgan fingerprint density at radius 1 is 1.33 bits per heavy atom. The third kappa shape index (κ3) is 1.73. The molecule has 0 atom stereocenters. The summed E-state index contributed by atoms with van der Waals surface area (Å²) >= 11 is 3.33. The molecule has 0 aromatic heterocycles. The number of anilines is 1. The highest BCUT2D eigenvalue weighted by Crippen LogP contribution is 2.37. The molecule has 0 unspecified atom stereocenters. The van der Waals surface area contributed by atoms with Crippen LogP contribution in [0.2, 0.25) is 0 Å². The number of rotatable bonds is 1. The lowest BCUT2D eigenvalue weighted by atomic mass is 10.0. The minimum atomic E-state index is -0.403. The van der Waals surface area contributed by atoms with E-state index >= 15 is 0 Å². The van der Waals surface area contributed by atoms with Crippen LogP contribution in [-0.2, 0) is 4.79 Å². The molecule has 3 amide bonds. The number of fused-ring (bicyclic) bond motifs is 1. The predicted octanol–water partition coefficient (Wildman–Crippen LogP) is 1.94. The molecular formula is C12H11BrN2O3. The molecule has 1 aliphatic heterocycles. The molecule has 1 aromatic rings. The Labute approximate surface area is 112 Å². The molecule has 0 aliphatic carbocycles. The first-order chi connectivity index (χ1) is 8.34. The quantitative estimate of drug-likeness (QED) is 0.806. The van der Waals surface area contributed by atoms with E-state index in [0.29, 0.717) is 15.7 Å². The number of hydrogen-bond donors (Lipinski definition) is 1. The van der Waals surface area contributed by atoms with Crippen molar-refractivity contribution in [3.63, 3.8) is 0 Å². The van der Waals surface area contributed by atoms with Crippen molar-refractivity contribution < 1.29 is 14.4 Å². The minimum absolute atomic E-state index is 0.246. The topological polar surface area (TPSA) is 66.5 Å². The summed E-state index contributed by atoms with van der Waals surface area (Å²) in [5.41, 5.74) is 1.72. The zero-order valence-corrected chi connectivity index (χ0v) is 11.7. The average molecular weight is 311 g/mol. The van der Waals surface area contributed by atoms with Gasteiger partial charge in [-0.25, -0.2) is 0 Å². The second kappa shape index (κ2) is 4.20. The van der Waals surface area contributed by atoms with Crippen LogP contribution in [0.4, 0.5) is 5.69 Å². The van der Waals surface area contributed by atoms with E-state index in [2.05, 4.69) is 21.2 Å². The molecule has 1 aliphatic rings. The van der Waals surface area contributed by atoms with E-state index in [9.17, 15) is 14.4 Å². The maximum atomic E-state index is 12.0. The van der Waals surface area contributed by atoms with Gasteiger partial charge in [0.05, 0.1) is 16.8 Å². The van der Waals surface area contributed by atoms with Crippen LogP contribution >= 0.6 is 15.9 Å².